The van der Waals surface area contributed by atoms with Crippen molar-refractivity contribution < 1.29 is 14.7 Å². The van der Waals surface area contributed by atoms with Gasteiger partial charge in [0, 0.05) is 12.9 Å². The number of carbonyl (C=O) groups is 2. The molecule has 0 bridgehead atoms. The van der Waals surface area contributed by atoms with Gasteiger partial charge in [-0.15, -0.1) is 0 Å². The van der Waals surface area contributed by atoms with Crippen molar-refractivity contribution >= 4 is 69.7 Å². The summed E-state index contributed by atoms with van der Waals surface area (Å²) in [5, 5.41) is 10.9. The van der Waals surface area contributed by atoms with Crippen LogP contribution in [0.25, 0.3) is 0 Å². The zero-order valence-corrected chi connectivity index (χ0v) is 15.1. The number of benzene rings is 1. The van der Waals surface area contributed by atoms with Gasteiger partial charge in [0.15, 0.2) is 0 Å². The van der Waals surface area contributed by atoms with Gasteiger partial charge in [-0.2, -0.15) is 12.6 Å². The molecule has 1 aromatic rings. The number of carboxylic acid groups (broad SMARTS) is 1. The van der Waals surface area contributed by atoms with Crippen LogP contribution in [0.5, 0.6) is 0 Å². The van der Waals surface area contributed by atoms with Crippen LogP contribution in [-0.4, -0.2) is 29.3 Å². The molecule has 1 unspecified atom stereocenters. The second-order valence-electron chi connectivity index (χ2n) is 3.97. The maximum atomic E-state index is 11.8. The lowest BCUT2D eigenvalue weighted by Gasteiger charge is -2.14. The molecule has 1 aromatic carbocycles. The molecule has 0 fully saturated rings. The number of hydrogen-bond donors (Lipinski definition) is 3. The van der Waals surface area contributed by atoms with Gasteiger partial charge in [0.2, 0.25) is 5.91 Å². The lowest BCUT2D eigenvalue weighted by Crippen LogP contribution is -2.36. The Bertz CT molecular complexity index is 462. The molecular formula is C12H13I2NO3S. The molecule has 1 atom stereocenters. The summed E-state index contributed by atoms with van der Waals surface area (Å²) in [6.07, 6.45) is 0.557. The van der Waals surface area contributed by atoms with Gasteiger partial charge in [-0.1, -0.05) is 0 Å². The molecule has 0 heterocycles. The quantitative estimate of drug-likeness (QED) is 0.411. The van der Waals surface area contributed by atoms with Gasteiger partial charge < -0.3 is 10.4 Å². The van der Waals surface area contributed by atoms with Crippen LogP contribution < -0.4 is 5.32 Å². The first kappa shape index (κ1) is 17.0. The topological polar surface area (TPSA) is 66.4 Å². The Morgan fingerprint density at radius 3 is 2.32 bits per heavy atom. The third kappa shape index (κ3) is 6.30. The third-order valence-electron chi connectivity index (χ3n) is 2.41. The number of aliphatic carboxylic acids is 1. The minimum atomic E-state index is -1.05. The minimum Gasteiger partial charge on any atom is -0.480 e. The van der Waals surface area contributed by atoms with Crippen LogP contribution in [-0.2, 0) is 16.0 Å². The fourth-order valence-corrected chi connectivity index (χ4v) is 3.92. The average molecular weight is 505 g/mol. The first-order chi connectivity index (χ1) is 8.92. The van der Waals surface area contributed by atoms with Crippen molar-refractivity contribution in [3.63, 3.8) is 0 Å². The van der Waals surface area contributed by atoms with E-state index in [-0.39, 0.29) is 18.4 Å². The highest BCUT2D eigenvalue weighted by Crippen LogP contribution is 2.18. The zero-order valence-electron chi connectivity index (χ0n) is 9.90. The molecule has 1 amide bonds. The summed E-state index contributed by atoms with van der Waals surface area (Å²) in [6, 6.07) is 6.08. The van der Waals surface area contributed by atoms with Crippen molar-refractivity contribution in [2.45, 2.75) is 6.42 Å². The molecule has 0 aliphatic carbocycles. The Hall–Kier alpha value is -0.0300. The van der Waals surface area contributed by atoms with Crippen LogP contribution in [0.15, 0.2) is 18.2 Å². The molecule has 0 saturated carbocycles. The number of thiol groups is 1. The van der Waals surface area contributed by atoms with E-state index in [9.17, 15) is 9.59 Å². The van der Waals surface area contributed by atoms with Crippen molar-refractivity contribution in [1.82, 2.24) is 5.32 Å². The van der Waals surface area contributed by atoms with Gasteiger partial charge in [0.25, 0.3) is 0 Å². The second kappa shape index (κ2) is 8.30. The molecule has 2 N–H and O–H groups in total. The predicted octanol–water partition coefficient (Wildman–Crippen LogP) is 2.19. The second-order valence-corrected chi connectivity index (χ2v) is 6.83. The van der Waals surface area contributed by atoms with Crippen LogP contribution in [0.1, 0.15) is 5.56 Å². The smallest absolute Gasteiger partial charge is 0.322 e. The van der Waals surface area contributed by atoms with Crippen molar-refractivity contribution in [2.75, 3.05) is 12.3 Å². The highest BCUT2D eigenvalue weighted by Gasteiger charge is 2.18. The predicted molar refractivity (Wildman–Crippen MR) is 93.6 cm³/mol. The molecule has 0 radical (unpaired) electrons. The first-order valence-electron chi connectivity index (χ1n) is 5.47. The molecule has 0 aliphatic heterocycles. The van der Waals surface area contributed by atoms with E-state index < -0.39 is 5.97 Å². The van der Waals surface area contributed by atoms with E-state index in [1.165, 1.54) is 0 Å². The van der Waals surface area contributed by atoms with Gasteiger partial charge in [-0.05, 0) is 75.4 Å². The minimum absolute atomic E-state index is 0.272. The maximum Gasteiger partial charge on any atom is 0.322 e. The summed E-state index contributed by atoms with van der Waals surface area (Å²) in [4.78, 5) is 22.3. The number of carboxylic acids is 1. The SMILES string of the molecule is O=C(O)CNC(=O)C(CS)Cc1cc(I)cc(I)c1. The Morgan fingerprint density at radius 2 is 1.84 bits per heavy atom. The number of rotatable bonds is 6. The van der Waals surface area contributed by atoms with E-state index in [2.05, 4.69) is 63.1 Å². The molecule has 1 rings (SSSR count). The molecular weight excluding hydrogens is 492 g/mol. The van der Waals surface area contributed by atoms with Crippen molar-refractivity contribution in [3.05, 3.63) is 30.9 Å². The van der Waals surface area contributed by atoms with Crippen LogP contribution in [0.4, 0.5) is 0 Å². The van der Waals surface area contributed by atoms with E-state index in [1.54, 1.807) is 0 Å². The van der Waals surface area contributed by atoms with Crippen molar-refractivity contribution in [2.24, 2.45) is 5.92 Å². The van der Waals surface area contributed by atoms with Crippen molar-refractivity contribution in [1.29, 1.82) is 0 Å². The number of hydrogen-bond acceptors (Lipinski definition) is 3. The summed E-state index contributed by atoms with van der Waals surface area (Å²) in [6.45, 7) is -0.354. The highest BCUT2D eigenvalue weighted by molar-refractivity contribution is 14.1. The van der Waals surface area contributed by atoms with E-state index in [0.717, 1.165) is 12.7 Å². The fraction of sp³-hybridized carbons (Fsp3) is 0.333. The Balaban J connectivity index is 2.70. The molecule has 19 heavy (non-hydrogen) atoms. The molecule has 4 nitrogen and oxygen atoms in total. The molecule has 7 heteroatoms. The number of halogens is 2. The first-order valence-corrected chi connectivity index (χ1v) is 8.26. The van der Waals surface area contributed by atoms with E-state index in [4.69, 9.17) is 5.11 Å². The lowest BCUT2D eigenvalue weighted by molar-refractivity contribution is -0.138. The summed E-state index contributed by atoms with van der Waals surface area (Å²) in [7, 11) is 0. The zero-order chi connectivity index (χ0) is 14.4. The number of amides is 1. The van der Waals surface area contributed by atoms with Gasteiger partial charge >= 0.3 is 5.97 Å². The number of carbonyl (C=O) groups excluding carboxylic acids is 1. The summed E-state index contributed by atoms with van der Waals surface area (Å²) < 4.78 is 2.23. The molecule has 104 valence electrons. The monoisotopic (exact) mass is 505 g/mol. The molecule has 0 spiro atoms. The summed E-state index contributed by atoms with van der Waals surface area (Å²) in [5.41, 5.74) is 1.06. The Labute approximate surface area is 144 Å². The van der Waals surface area contributed by atoms with Crippen LogP contribution in [0.2, 0.25) is 0 Å². The molecule has 0 saturated heterocycles. The standard InChI is InChI=1S/C12H13I2NO3S/c13-9-2-7(3-10(14)4-9)1-8(6-19)12(18)15-5-11(16)17/h2-4,8,19H,1,5-6H2,(H,15,18)(H,16,17). The summed E-state index contributed by atoms with van der Waals surface area (Å²) in [5.74, 6) is -1.26. The average Bonchev–Trinajstić information content (AvgIpc) is 2.31. The van der Waals surface area contributed by atoms with Gasteiger partial charge in [0.1, 0.15) is 6.54 Å². The van der Waals surface area contributed by atoms with E-state index in [0.29, 0.717) is 12.2 Å². The van der Waals surface area contributed by atoms with Crippen LogP contribution in [0.3, 0.4) is 0 Å². The number of nitrogens with one attached hydrogen (secondary N) is 1. The van der Waals surface area contributed by atoms with Gasteiger partial charge in [-0.25, -0.2) is 0 Å². The third-order valence-corrected chi connectivity index (χ3v) is 4.10. The molecule has 0 aliphatic rings. The Morgan fingerprint density at radius 1 is 1.26 bits per heavy atom. The maximum absolute atomic E-state index is 11.8. The molecule has 0 aromatic heterocycles. The summed E-state index contributed by atoms with van der Waals surface area (Å²) >= 11 is 8.63. The van der Waals surface area contributed by atoms with Crippen LogP contribution >= 0.6 is 57.8 Å². The van der Waals surface area contributed by atoms with Crippen LogP contribution in [0, 0.1) is 13.1 Å². The normalized spacial score (nSPS) is 11.9. The van der Waals surface area contributed by atoms with Crippen molar-refractivity contribution in [3.8, 4) is 0 Å². The largest absolute Gasteiger partial charge is 0.480 e. The Kier molecular flexibility index (Phi) is 7.44. The van der Waals surface area contributed by atoms with E-state index >= 15 is 0 Å². The fourth-order valence-electron chi connectivity index (χ4n) is 1.56. The van der Waals surface area contributed by atoms with Gasteiger partial charge in [0.05, 0.1) is 5.92 Å². The lowest BCUT2D eigenvalue weighted by atomic mass is 10.0. The van der Waals surface area contributed by atoms with E-state index in [1.807, 2.05) is 18.2 Å². The highest BCUT2D eigenvalue weighted by atomic mass is 127. The van der Waals surface area contributed by atoms with Gasteiger partial charge in [-0.3, -0.25) is 9.59 Å².